The van der Waals surface area contributed by atoms with Crippen LogP contribution in [0.25, 0.3) is 22.1 Å². The van der Waals surface area contributed by atoms with Crippen molar-refractivity contribution in [1.29, 1.82) is 0 Å². The first-order chi connectivity index (χ1) is 43.3. The van der Waals surface area contributed by atoms with Crippen LogP contribution < -0.4 is 47.0 Å². The summed E-state index contributed by atoms with van der Waals surface area (Å²) in [6.07, 6.45) is -0.682. The monoisotopic (exact) mass is 1230 g/mol. The molecule has 0 saturated heterocycles. The number of benzene rings is 6. The molecule has 2 aromatic heterocycles. The second-order valence-corrected chi connectivity index (χ2v) is 19.0. The standard InChI is InChI=1S/C37H33N9O8.C24H22N4O8/c1-20(47)32(34(49)39-23-11-13-25-28(17-23)43-36(51)41-25)38-19-22-7-3-5-9-30(22)53-15-16-54-31-10-6-4-8-27(31)45-46-33(21(2)48)35(50)40-24-12-14-26-29(18-24)44-37(52)42-26;1-34-18-7-5-4-6-13(18)11-17(29)21(22-25-19(30)12-20(31)26-22)28-27-16-10-14(23(32)35-2)8-9-15(16)24(33)36-3/h3-14,17-18,48H,15-16,19H2,1-2H3,(H,39,49)(H,40,50)(H2,41,43,51)(H2,42,44,52);4-10,27H,11-12H2,1-3H3,(H,25,26,30,31)/b;28-21+. The van der Waals surface area contributed by atoms with Gasteiger partial charge in [-0.25, -0.2) is 19.2 Å². The van der Waals surface area contributed by atoms with Crippen LogP contribution in [0.2, 0.25) is 0 Å². The minimum absolute atomic E-state index is 0.00130. The van der Waals surface area contributed by atoms with Crippen molar-refractivity contribution in [3.05, 3.63) is 182 Å². The number of nitrogens with one attached hydrogen (secondary N) is 8. The number of aromatic amines is 4. The highest BCUT2D eigenvalue weighted by molar-refractivity contribution is 6.69. The Morgan fingerprint density at radius 3 is 1.82 bits per heavy atom. The number of azo groups is 1. The van der Waals surface area contributed by atoms with Crippen LogP contribution in [-0.2, 0) is 51.2 Å². The number of ether oxygens (including phenoxy) is 5. The van der Waals surface area contributed by atoms with Gasteiger partial charge >= 0.3 is 23.3 Å². The molecule has 0 unspecified atom stereocenters. The lowest BCUT2D eigenvalue weighted by Crippen LogP contribution is -2.44. The Morgan fingerprint density at radius 1 is 0.633 bits per heavy atom. The molecule has 0 saturated carbocycles. The number of amidine groups is 1. The Bertz CT molecular complexity index is 4410. The Morgan fingerprint density at radius 2 is 1.21 bits per heavy atom. The highest BCUT2D eigenvalue weighted by Crippen LogP contribution is 2.29. The van der Waals surface area contributed by atoms with Crippen molar-refractivity contribution in [2.24, 2.45) is 25.3 Å². The number of imidazole rings is 2. The number of carbonyl (C=O) groups excluding carboxylic acids is 8. The Labute approximate surface area is 508 Å². The van der Waals surface area contributed by atoms with E-state index < -0.39 is 53.6 Å². The number of carbonyl (C=O) groups is 8. The number of hydrazone groups is 1. The molecule has 1 aliphatic rings. The third-order valence-corrected chi connectivity index (χ3v) is 12.7. The number of aliphatic hydroxyl groups excluding tert-OH is 1. The number of amides is 4. The maximum absolute atomic E-state index is 13.3. The zero-order chi connectivity index (χ0) is 64.4. The molecule has 9 rings (SSSR count). The van der Waals surface area contributed by atoms with Gasteiger partial charge < -0.3 is 64.7 Å². The summed E-state index contributed by atoms with van der Waals surface area (Å²) >= 11 is 0. The van der Waals surface area contributed by atoms with E-state index in [1.807, 2.05) is 0 Å². The molecule has 90 heavy (non-hydrogen) atoms. The van der Waals surface area contributed by atoms with Gasteiger partial charge in [-0.2, -0.15) is 10.1 Å². The van der Waals surface area contributed by atoms with Gasteiger partial charge in [0.25, 0.3) is 17.7 Å². The number of esters is 2. The number of Topliss-reactive ketones (excluding diaryl/α,β-unsaturated/α-hetero) is 2. The number of hydrogen-bond acceptors (Lipinski definition) is 21. The van der Waals surface area contributed by atoms with Crippen molar-refractivity contribution in [1.82, 2.24) is 25.3 Å². The third-order valence-electron chi connectivity index (χ3n) is 12.7. The maximum atomic E-state index is 13.3. The first-order valence-corrected chi connectivity index (χ1v) is 26.9. The number of anilines is 3. The van der Waals surface area contributed by atoms with E-state index in [4.69, 9.17) is 23.7 Å². The van der Waals surface area contributed by atoms with Crippen molar-refractivity contribution in [2.75, 3.05) is 50.6 Å². The Balaban J connectivity index is 0.000000252. The number of fused-ring (bicyclic) bond motifs is 2. The molecule has 1 aliphatic heterocycles. The van der Waals surface area contributed by atoms with Crippen LogP contribution in [0.4, 0.5) is 22.7 Å². The van der Waals surface area contributed by atoms with Crippen LogP contribution in [0.1, 0.15) is 52.1 Å². The largest absolute Gasteiger partial charge is 0.510 e. The van der Waals surface area contributed by atoms with Gasteiger partial charge in [-0.3, -0.25) is 39.2 Å². The van der Waals surface area contributed by atoms with E-state index in [9.17, 15) is 53.1 Å². The zero-order valence-electron chi connectivity index (χ0n) is 48.5. The smallest absolute Gasteiger partial charge is 0.340 e. The topological polar surface area (TPSA) is 410 Å². The summed E-state index contributed by atoms with van der Waals surface area (Å²) in [5, 5.41) is 30.0. The maximum Gasteiger partial charge on any atom is 0.340 e. The summed E-state index contributed by atoms with van der Waals surface area (Å²) < 4.78 is 26.6. The molecule has 460 valence electrons. The first-order valence-electron chi connectivity index (χ1n) is 26.9. The molecule has 0 bridgehead atoms. The van der Waals surface area contributed by atoms with Crippen molar-refractivity contribution in [3.63, 3.8) is 0 Å². The summed E-state index contributed by atoms with van der Waals surface area (Å²) in [7, 11) is 3.81. The normalized spacial score (nSPS) is 12.6. The number of para-hydroxylation sites is 3. The SMILES string of the molecule is CC(=O)C(=NCc1ccccc1OCCOc1ccccc1N=NC(C(=O)Nc1ccc2[nH]c(=O)[nH]c2c1)=C(C)O)C(=O)Nc1ccc2[nH]c(=O)[nH]c2c1.COC(=O)c1ccc(C(=O)OC)c(N/N=C(\C(=O)Cc2ccccc2OC)C2=NC(=O)CC(=O)N2)c1. The fourth-order valence-electron chi connectivity index (χ4n) is 8.49. The quantitative estimate of drug-likeness (QED) is 0.00485. The molecule has 0 fully saturated rings. The van der Waals surface area contributed by atoms with Gasteiger partial charge in [0.05, 0.1) is 66.8 Å². The van der Waals surface area contributed by atoms with Crippen molar-refractivity contribution < 1.29 is 67.1 Å². The Kier molecular flexibility index (Phi) is 20.9. The predicted molar refractivity (Wildman–Crippen MR) is 328 cm³/mol. The summed E-state index contributed by atoms with van der Waals surface area (Å²) in [6, 6.07) is 34.0. The summed E-state index contributed by atoms with van der Waals surface area (Å²) in [5.41, 5.74) is 5.13. The van der Waals surface area contributed by atoms with Crippen molar-refractivity contribution in [2.45, 2.75) is 33.2 Å². The molecule has 0 spiro atoms. The number of aromatic nitrogens is 4. The minimum Gasteiger partial charge on any atom is -0.510 e. The first kappa shape index (κ1) is 63.6. The second kappa shape index (κ2) is 29.6. The highest BCUT2D eigenvalue weighted by Gasteiger charge is 2.28. The van der Waals surface area contributed by atoms with Crippen LogP contribution in [0.3, 0.4) is 0 Å². The molecular weight excluding hydrogens is 1170 g/mol. The second-order valence-electron chi connectivity index (χ2n) is 19.0. The Hall–Kier alpha value is -12.4. The van der Waals surface area contributed by atoms with Gasteiger partial charge in [0.2, 0.25) is 5.91 Å². The van der Waals surface area contributed by atoms with Crippen molar-refractivity contribution in [3.8, 4) is 17.2 Å². The van der Waals surface area contributed by atoms with Gasteiger partial charge in [-0.05, 0) is 85.8 Å². The predicted octanol–water partition coefficient (Wildman–Crippen LogP) is 6.46. The van der Waals surface area contributed by atoms with Crippen molar-refractivity contribution >= 4 is 109 Å². The van der Waals surface area contributed by atoms with Gasteiger partial charge in [-0.15, -0.1) is 10.2 Å². The molecule has 0 radical (unpaired) electrons. The summed E-state index contributed by atoms with van der Waals surface area (Å²) in [5.74, 6) is -4.90. The van der Waals surface area contributed by atoms with E-state index in [1.54, 1.807) is 109 Å². The molecule has 4 amide bonds. The summed E-state index contributed by atoms with van der Waals surface area (Å²) in [4.78, 5) is 141. The molecule has 29 nitrogen and oxygen atoms in total. The van der Waals surface area contributed by atoms with E-state index in [-0.39, 0.29) is 88.8 Å². The van der Waals surface area contributed by atoms with Gasteiger partial charge in [0.15, 0.2) is 34.5 Å². The number of ketones is 2. The molecule has 3 heterocycles. The number of aliphatic imine (C=N–C) groups is 2. The lowest BCUT2D eigenvalue weighted by molar-refractivity contribution is -0.127. The van der Waals surface area contributed by atoms with Crippen LogP contribution in [0, 0.1) is 0 Å². The van der Waals surface area contributed by atoms with Crippen LogP contribution in [0.15, 0.2) is 174 Å². The molecule has 0 atom stereocenters. The van der Waals surface area contributed by atoms with Gasteiger partial charge in [0.1, 0.15) is 48.3 Å². The van der Waals surface area contributed by atoms with E-state index in [0.717, 1.165) is 0 Å². The zero-order valence-corrected chi connectivity index (χ0v) is 48.5. The van der Waals surface area contributed by atoms with E-state index in [1.165, 1.54) is 53.4 Å². The molecule has 8 aromatic rings. The van der Waals surface area contributed by atoms with E-state index in [0.29, 0.717) is 61.8 Å². The van der Waals surface area contributed by atoms with Crippen LogP contribution in [-0.4, -0.2) is 124 Å². The number of hydrogen-bond donors (Lipinski definition) is 9. The van der Waals surface area contributed by atoms with Crippen LogP contribution >= 0.6 is 0 Å². The molecule has 29 heteroatoms. The highest BCUT2D eigenvalue weighted by atomic mass is 16.5. The number of H-pyrrole nitrogens is 4. The third kappa shape index (κ3) is 16.5. The lowest BCUT2D eigenvalue weighted by atomic mass is 10.0. The average Bonchev–Trinajstić information content (AvgIpc) is 1.63. The molecular formula is C61H55N13O16. The lowest BCUT2D eigenvalue weighted by Gasteiger charge is -2.15. The average molecular weight is 1230 g/mol. The van der Waals surface area contributed by atoms with Gasteiger partial charge in [0, 0.05) is 35.8 Å². The fourth-order valence-corrected chi connectivity index (χ4v) is 8.49. The number of nitrogens with zero attached hydrogens (tertiary/aromatic N) is 5. The molecule has 9 N–H and O–H groups in total. The fraction of sp³-hybridized carbons (Fsp3) is 0.164. The van der Waals surface area contributed by atoms with E-state index >= 15 is 0 Å². The van der Waals surface area contributed by atoms with Gasteiger partial charge in [-0.1, -0.05) is 48.5 Å². The van der Waals surface area contributed by atoms with E-state index in [2.05, 4.69) is 66.6 Å². The minimum atomic E-state index is -0.755. The molecule has 0 aliphatic carbocycles. The van der Waals surface area contributed by atoms with Crippen LogP contribution in [0.5, 0.6) is 17.2 Å². The number of allylic oxidation sites excluding steroid dienone is 1. The number of aliphatic hydroxyl groups is 1. The number of methoxy groups -OCH3 is 3. The number of rotatable bonds is 23. The summed E-state index contributed by atoms with van der Waals surface area (Å²) in [6.45, 7) is 2.69. The molecule has 6 aromatic carbocycles.